The number of piperazine rings is 1. The Kier molecular flexibility index (Phi) is 5.31. The molecular formula is C25H25N5O2. The fourth-order valence-corrected chi connectivity index (χ4v) is 4.01. The van der Waals surface area contributed by atoms with Gasteiger partial charge in [0, 0.05) is 49.4 Å². The van der Waals surface area contributed by atoms with Crippen molar-refractivity contribution in [3.8, 4) is 11.4 Å². The minimum atomic E-state index is 0.0859. The summed E-state index contributed by atoms with van der Waals surface area (Å²) in [7, 11) is 0. The zero-order valence-electron chi connectivity index (χ0n) is 18.2. The van der Waals surface area contributed by atoms with E-state index in [9.17, 15) is 4.79 Å². The van der Waals surface area contributed by atoms with Gasteiger partial charge in [-0.25, -0.2) is 4.98 Å². The highest BCUT2D eigenvalue weighted by atomic mass is 16.5. The van der Waals surface area contributed by atoms with E-state index in [1.165, 1.54) is 0 Å². The molecule has 4 aromatic rings. The highest BCUT2D eigenvalue weighted by molar-refractivity contribution is 6.07. The minimum Gasteiger partial charge on any atom is -0.353 e. The summed E-state index contributed by atoms with van der Waals surface area (Å²) >= 11 is 0. The molecule has 7 nitrogen and oxygen atoms in total. The second kappa shape index (κ2) is 8.42. The average molecular weight is 428 g/mol. The molecule has 0 bridgehead atoms. The lowest BCUT2D eigenvalue weighted by Crippen LogP contribution is -2.49. The highest BCUT2D eigenvalue weighted by Crippen LogP contribution is 2.23. The van der Waals surface area contributed by atoms with Crippen LogP contribution in [0.2, 0.25) is 0 Å². The fourth-order valence-electron chi connectivity index (χ4n) is 4.01. The number of pyridine rings is 1. The van der Waals surface area contributed by atoms with Crippen LogP contribution in [0.5, 0.6) is 0 Å². The van der Waals surface area contributed by atoms with Gasteiger partial charge in [0.1, 0.15) is 5.82 Å². The molecule has 0 N–H and O–H groups in total. The molecule has 0 spiro atoms. The number of aromatic nitrogens is 3. The molecule has 0 unspecified atom stereocenters. The van der Waals surface area contributed by atoms with E-state index in [4.69, 9.17) is 4.52 Å². The fraction of sp³-hybridized carbons (Fsp3) is 0.280. The predicted molar refractivity (Wildman–Crippen MR) is 124 cm³/mol. The Balaban J connectivity index is 1.26. The summed E-state index contributed by atoms with van der Waals surface area (Å²) in [5, 5.41) is 6.13. The molecule has 1 amide bonds. The van der Waals surface area contributed by atoms with Gasteiger partial charge in [0.25, 0.3) is 5.91 Å². The van der Waals surface area contributed by atoms with Crippen LogP contribution in [0.1, 0.15) is 36.0 Å². The molecule has 1 fully saturated rings. The van der Waals surface area contributed by atoms with Crippen molar-refractivity contribution >= 4 is 22.5 Å². The number of carbonyl (C=O) groups excluding carboxylic acids is 1. The summed E-state index contributed by atoms with van der Waals surface area (Å²) in [4.78, 5) is 26.3. The Bertz CT molecular complexity index is 1240. The summed E-state index contributed by atoms with van der Waals surface area (Å²) in [5.41, 5.74) is 1.59. The molecule has 0 atom stereocenters. The van der Waals surface area contributed by atoms with Crippen LogP contribution in [0.25, 0.3) is 22.2 Å². The summed E-state index contributed by atoms with van der Waals surface area (Å²) < 4.78 is 5.29. The number of amides is 1. The number of carbonyl (C=O) groups is 1. The van der Waals surface area contributed by atoms with E-state index in [0.29, 0.717) is 24.8 Å². The average Bonchev–Trinajstić information content (AvgIpc) is 3.34. The molecule has 0 aliphatic carbocycles. The largest absolute Gasteiger partial charge is 0.353 e. The lowest BCUT2D eigenvalue weighted by Gasteiger charge is -2.35. The molecule has 5 rings (SSSR count). The number of rotatable bonds is 4. The van der Waals surface area contributed by atoms with Gasteiger partial charge in [-0.1, -0.05) is 55.4 Å². The number of anilines is 1. The standard InChI is InChI=1S/C25H25N5O2/c1-17(2)24-27-23(28-32-24)19-10-11-22(26-16-19)29-12-14-30(15-13-29)25(31)21-9-5-7-18-6-3-4-8-20(18)21/h3-11,16-17H,12-15H2,1-2H3. The van der Waals surface area contributed by atoms with Crippen LogP contribution in [-0.4, -0.2) is 52.1 Å². The van der Waals surface area contributed by atoms with Crippen molar-refractivity contribution in [2.45, 2.75) is 19.8 Å². The van der Waals surface area contributed by atoms with Gasteiger partial charge in [-0.15, -0.1) is 0 Å². The van der Waals surface area contributed by atoms with Crippen molar-refractivity contribution in [3.05, 3.63) is 72.2 Å². The van der Waals surface area contributed by atoms with E-state index in [2.05, 4.69) is 20.0 Å². The Morgan fingerprint density at radius 1 is 0.969 bits per heavy atom. The molecular weight excluding hydrogens is 402 g/mol. The van der Waals surface area contributed by atoms with Crippen molar-refractivity contribution in [3.63, 3.8) is 0 Å². The molecule has 0 radical (unpaired) electrons. The Morgan fingerprint density at radius 2 is 1.75 bits per heavy atom. The highest BCUT2D eigenvalue weighted by Gasteiger charge is 2.24. The molecule has 32 heavy (non-hydrogen) atoms. The van der Waals surface area contributed by atoms with E-state index < -0.39 is 0 Å². The lowest BCUT2D eigenvalue weighted by molar-refractivity contribution is 0.0748. The molecule has 162 valence electrons. The van der Waals surface area contributed by atoms with Gasteiger partial charge in [-0.2, -0.15) is 4.98 Å². The number of benzene rings is 2. The molecule has 2 aromatic carbocycles. The zero-order chi connectivity index (χ0) is 22.1. The van der Waals surface area contributed by atoms with Gasteiger partial charge < -0.3 is 14.3 Å². The van der Waals surface area contributed by atoms with Gasteiger partial charge in [0.15, 0.2) is 0 Å². The third kappa shape index (κ3) is 3.82. The lowest BCUT2D eigenvalue weighted by atomic mass is 10.0. The second-order valence-electron chi connectivity index (χ2n) is 8.32. The molecule has 7 heteroatoms. The van der Waals surface area contributed by atoms with Crippen molar-refractivity contribution in [1.29, 1.82) is 0 Å². The maximum Gasteiger partial charge on any atom is 0.254 e. The van der Waals surface area contributed by atoms with Crippen LogP contribution in [0, 0.1) is 0 Å². The molecule has 0 saturated carbocycles. The van der Waals surface area contributed by atoms with E-state index >= 15 is 0 Å². The summed E-state index contributed by atoms with van der Waals surface area (Å²) in [6.45, 7) is 6.83. The predicted octanol–water partition coefficient (Wildman–Crippen LogP) is 4.37. The first-order valence-electron chi connectivity index (χ1n) is 10.9. The third-order valence-electron chi connectivity index (χ3n) is 5.85. The van der Waals surface area contributed by atoms with Crippen LogP contribution in [0.4, 0.5) is 5.82 Å². The molecule has 3 heterocycles. The Hall–Kier alpha value is -3.74. The molecule has 2 aromatic heterocycles. The number of hydrogen-bond donors (Lipinski definition) is 0. The van der Waals surface area contributed by atoms with Gasteiger partial charge in [-0.3, -0.25) is 4.79 Å². The number of nitrogens with zero attached hydrogens (tertiary/aromatic N) is 5. The molecule has 1 saturated heterocycles. The summed E-state index contributed by atoms with van der Waals surface area (Å²) in [6, 6.07) is 17.9. The van der Waals surface area contributed by atoms with Crippen LogP contribution >= 0.6 is 0 Å². The van der Waals surface area contributed by atoms with Crippen molar-refractivity contribution < 1.29 is 9.32 Å². The van der Waals surface area contributed by atoms with Crippen molar-refractivity contribution in [1.82, 2.24) is 20.0 Å². The van der Waals surface area contributed by atoms with Gasteiger partial charge >= 0.3 is 0 Å². The smallest absolute Gasteiger partial charge is 0.254 e. The zero-order valence-corrected chi connectivity index (χ0v) is 18.2. The van der Waals surface area contributed by atoms with Gasteiger partial charge in [0.2, 0.25) is 11.7 Å². The maximum absolute atomic E-state index is 13.2. The van der Waals surface area contributed by atoms with E-state index in [-0.39, 0.29) is 11.8 Å². The van der Waals surface area contributed by atoms with E-state index in [1.807, 2.05) is 73.3 Å². The summed E-state index contributed by atoms with van der Waals surface area (Å²) in [5.74, 6) is 2.34. The quantitative estimate of drug-likeness (QED) is 0.481. The minimum absolute atomic E-state index is 0.0859. The number of hydrogen-bond acceptors (Lipinski definition) is 6. The first-order valence-corrected chi connectivity index (χ1v) is 10.9. The maximum atomic E-state index is 13.2. The van der Waals surface area contributed by atoms with Gasteiger partial charge in [0.05, 0.1) is 0 Å². The van der Waals surface area contributed by atoms with Crippen LogP contribution < -0.4 is 4.90 Å². The van der Waals surface area contributed by atoms with Crippen molar-refractivity contribution in [2.24, 2.45) is 0 Å². The Labute approximate surface area is 186 Å². The SMILES string of the molecule is CC(C)c1nc(-c2ccc(N3CCN(C(=O)c4cccc5ccccc45)CC3)nc2)no1. The first-order chi connectivity index (χ1) is 15.6. The molecule has 1 aliphatic heterocycles. The first kappa shape index (κ1) is 20.2. The van der Waals surface area contributed by atoms with Crippen LogP contribution in [-0.2, 0) is 0 Å². The third-order valence-corrected chi connectivity index (χ3v) is 5.85. The Morgan fingerprint density at radius 3 is 2.47 bits per heavy atom. The van der Waals surface area contributed by atoms with E-state index in [0.717, 1.165) is 40.8 Å². The molecule has 1 aliphatic rings. The van der Waals surface area contributed by atoms with Gasteiger partial charge in [-0.05, 0) is 29.0 Å². The topological polar surface area (TPSA) is 75.4 Å². The van der Waals surface area contributed by atoms with Crippen molar-refractivity contribution in [2.75, 3.05) is 31.1 Å². The summed E-state index contributed by atoms with van der Waals surface area (Å²) in [6.07, 6.45) is 1.78. The monoisotopic (exact) mass is 427 g/mol. The van der Waals surface area contributed by atoms with Crippen LogP contribution in [0.15, 0.2) is 65.3 Å². The second-order valence-corrected chi connectivity index (χ2v) is 8.32. The number of fused-ring (bicyclic) bond motifs is 1. The normalized spacial score (nSPS) is 14.3. The van der Waals surface area contributed by atoms with Crippen LogP contribution in [0.3, 0.4) is 0 Å². The van der Waals surface area contributed by atoms with E-state index in [1.54, 1.807) is 6.20 Å².